The van der Waals surface area contributed by atoms with E-state index in [1.54, 1.807) is 26.2 Å². The summed E-state index contributed by atoms with van der Waals surface area (Å²) in [5, 5.41) is 2.82. The van der Waals surface area contributed by atoms with E-state index in [0.29, 0.717) is 5.75 Å². The number of ether oxygens (including phenoxy) is 1. The predicted molar refractivity (Wildman–Crippen MR) is 79.0 cm³/mol. The van der Waals surface area contributed by atoms with Gasteiger partial charge in [-0.15, -0.1) is 0 Å². The van der Waals surface area contributed by atoms with Gasteiger partial charge in [0.05, 0.1) is 17.3 Å². The molecule has 0 bridgehead atoms. The van der Waals surface area contributed by atoms with Crippen LogP contribution >= 0.6 is 15.9 Å². The number of benzene rings is 2. The highest BCUT2D eigenvalue weighted by Gasteiger charge is 2.16. The van der Waals surface area contributed by atoms with Gasteiger partial charge in [0.2, 0.25) is 0 Å². The van der Waals surface area contributed by atoms with E-state index in [4.69, 9.17) is 4.74 Å². The zero-order valence-electron chi connectivity index (χ0n) is 11.4. The van der Waals surface area contributed by atoms with Crippen molar-refractivity contribution in [1.29, 1.82) is 0 Å². The molecular weight excluding hydrogens is 347 g/mol. The minimum atomic E-state index is -1.48. The second kappa shape index (κ2) is 6.39. The molecule has 21 heavy (non-hydrogen) atoms. The quantitative estimate of drug-likeness (QED) is 0.771. The zero-order valence-corrected chi connectivity index (χ0v) is 13.0. The van der Waals surface area contributed by atoms with E-state index < -0.39 is 17.5 Å². The SMILES string of the molecule is COc1ccc(C(C)Nc2ccc(F)c(F)c2F)cc1Br. The average Bonchev–Trinajstić information content (AvgIpc) is 2.47. The number of rotatable bonds is 4. The Bertz CT molecular complexity index is 664. The topological polar surface area (TPSA) is 21.3 Å². The Hall–Kier alpha value is -1.69. The fourth-order valence-corrected chi connectivity index (χ4v) is 2.46. The largest absolute Gasteiger partial charge is 0.496 e. The highest BCUT2D eigenvalue weighted by atomic mass is 79.9. The predicted octanol–water partition coefficient (Wildman–Crippen LogP) is 5.05. The van der Waals surface area contributed by atoms with Gasteiger partial charge < -0.3 is 10.1 Å². The van der Waals surface area contributed by atoms with Crippen LogP contribution in [0.25, 0.3) is 0 Å². The van der Waals surface area contributed by atoms with Crippen LogP contribution in [0, 0.1) is 17.5 Å². The first kappa shape index (κ1) is 15.7. The molecule has 1 unspecified atom stereocenters. The summed E-state index contributed by atoms with van der Waals surface area (Å²) in [6.45, 7) is 1.79. The number of hydrogen-bond acceptors (Lipinski definition) is 2. The molecule has 0 radical (unpaired) electrons. The lowest BCUT2D eigenvalue weighted by Gasteiger charge is -2.17. The van der Waals surface area contributed by atoms with Crippen molar-refractivity contribution in [3.05, 3.63) is 57.8 Å². The molecule has 1 N–H and O–H groups in total. The van der Waals surface area contributed by atoms with Crippen molar-refractivity contribution in [3.8, 4) is 5.75 Å². The average molecular weight is 360 g/mol. The Labute approximate surface area is 129 Å². The van der Waals surface area contributed by atoms with Gasteiger partial charge >= 0.3 is 0 Å². The molecule has 2 nitrogen and oxygen atoms in total. The van der Waals surface area contributed by atoms with E-state index in [1.807, 2.05) is 6.07 Å². The summed E-state index contributed by atoms with van der Waals surface area (Å²) >= 11 is 3.36. The van der Waals surface area contributed by atoms with Crippen molar-refractivity contribution >= 4 is 21.6 Å². The first-order valence-electron chi connectivity index (χ1n) is 6.17. The second-order valence-electron chi connectivity index (χ2n) is 4.48. The van der Waals surface area contributed by atoms with Crippen molar-refractivity contribution in [2.24, 2.45) is 0 Å². The van der Waals surface area contributed by atoms with Crippen LogP contribution in [0.15, 0.2) is 34.8 Å². The maximum absolute atomic E-state index is 13.6. The van der Waals surface area contributed by atoms with Crippen molar-refractivity contribution in [3.63, 3.8) is 0 Å². The van der Waals surface area contributed by atoms with Gasteiger partial charge in [0.25, 0.3) is 0 Å². The van der Waals surface area contributed by atoms with E-state index in [0.717, 1.165) is 16.1 Å². The minimum Gasteiger partial charge on any atom is -0.496 e. The van der Waals surface area contributed by atoms with Crippen LogP contribution in [-0.4, -0.2) is 7.11 Å². The lowest BCUT2D eigenvalue weighted by molar-refractivity contribution is 0.412. The standard InChI is InChI=1S/C15H13BrF3NO/c1-8(9-3-6-13(21-2)10(16)7-9)20-12-5-4-11(17)14(18)15(12)19/h3-8,20H,1-2H3. The van der Waals surface area contributed by atoms with Crippen molar-refractivity contribution in [2.45, 2.75) is 13.0 Å². The maximum Gasteiger partial charge on any atom is 0.196 e. The fourth-order valence-electron chi connectivity index (χ4n) is 1.91. The van der Waals surface area contributed by atoms with Gasteiger partial charge in [-0.05, 0) is 52.7 Å². The van der Waals surface area contributed by atoms with Gasteiger partial charge in [0.1, 0.15) is 5.75 Å². The molecule has 0 heterocycles. The van der Waals surface area contributed by atoms with Gasteiger partial charge in [-0.3, -0.25) is 0 Å². The van der Waals surface area contributed by atoms with Gasteiger partial charge in [0.15, 0.2) is 17.5 Å². The minimum absolute atomic E-state index is 0.0895. The molecule has 2 aromatic rings. The van der Waals surface area contributed by atoms with Crippen LogP contribution < -0.4 is 10.1 Å². The molecule has 112 valence electrons. The van der Waals surface area contributed by atoms with Crippen LogP contribution in [0.3, 0.4) is 0 Å². The number of halogens is 4. The molecule has 0 saturated heterocycles. The normalized spacial score (nSPS) is 12.1. The number of nitrogens with one attached hydrogen (secondary N) is 1. The molecule has 2 rings (SSSR count). The molecule has 0 aliphatic heterocycles. The van der Waals surface area contributed by atoms with Crippen molar-refractivity contribution in [1.82, 2.24) is 0 Å². The maximum atomic E-state index is 13.6. The number of anilines is 1. The third kappa shape index (κ3) is 3.32. The van der Waals surface area contributed by atoms with Crippen LogP contribution in [0.5, 0.6) is 5.75 Å². The van der Waals surface area contributed by atoms with Gasteiger partial charge in [-0.25, -0.2) is 13.2 Å². The lowest BCUT2D eigenvalue weighted by atomic mass is 10.1. The van der Waals surface area contributed by atoms with Gasteiger partial charge in [-0.1, -0.05) is 6.07 Å². The molecule has 2 aromatic carbocycles. The molecule has 6 heteroatoms. The molecule has 0 aromatic heterocycles. The first-order chi connectivity index (χ1) is 9.93. The summed E-state index contributed by atoms with van der Waals surface area (Å²) in [5.74, 6) is -3.25. The fraction of sp³-hybridized carbons (Fsp3) is 0.200. The van der Waals surface area contributed by atoms with Crippen LogP contribution in [0.1, 0.15) is 18.5 Å². The monoisotopic (exact) mass is 359 g/mol. The summed E-state index contributed by atoms with van der Waals surface area (Å²) in [7, 11) is 1.55. The number of hydrogen-bond donors (Lipinski definition) is 1. The Morgan fingerprint density at radius 3 is 2.43 bits per heavy atom. The third-order valence-electron chi connectivity index (χ3n) is 3.08. The molecule has 0 fully saturated rings. The van der Waals surface area contributed by atoms with E-state index in [2.05, 4.69) is 21.2 Å². The smallest absolute Gasteiger partial charge is 0.196 e. The Morgan fingerprint density at radius 2 is 1.81 bits per heavy atom. The van der Waals surface area contributed by atoms with E-state index in [9.17, 15) is 13.2 Å². The molecule has 0 aliphatic rings. The second-order valence-corrected chi connectivity index (χ2v) is 5.34. The Morgan fingerprint density at radius 1 is 1.10 bits per heavy atom. The highest BCUT2D eigenvalue weighted by molar-refractivity contribution is 9.10. The van der Waals surface area contributed by atoms with Crippen molar-refractivity contribution < 1.29 is 17.9 Å². The van der Waals surface area contributed by atoms with E-state index >= 15 is 0 Å². The summed E-state index contributed by atoms with van der Waals surface area (Å²) in [6, 6.07) is 7.14. The third-order valence-corrected chi connectivity index (χ3v) is 3.70. The van der Waals surface area contributed by atoms with Crippen LogP contribution in [0.4, 0.5) is 18.9 Å². The summed E-state index contributed by atoms with van der Waals surface area (Å²) in [5.41, 5.74) is 0.750. The number of methoxy groups -OCH3 is 1. The van der Waals surface area contributed by atoms with Crippen molar-refractivity contribution in [2.75, 3.05) is 12.4 Å². The molecule has 0 spiro atoms. The zero-order chi connectivity index (χ0) is 15.6. The van der Waals surface area contributed by atoms with E-state index in [-0.39, 0.29) is 11.7 Å². The molecule has 1 atom stereocenters. The van der Waals surface area contributed by atoms with Gasteiger partial charge in [0, 0.05) is 6.04 Å². The highest BCUT2D eigenvalue weighted by Crippen LogP contribution is 2.30. The summed E-state index contributed by atoms with van der Waals surface area (Å²) in [4.78, 5) is 0. The molecule has 0 amide bonds. The van der Waals surface area contributed by atoms with Gasteiger partial charge in [-0.2, -0.15) is 0 Å². The van der Waals surface area contributed by atoms with Crippen LogP contribution in [0.2, 0.25) is 0 Å². The molecular formula is C15H13BrF3NO. The first-order valence-corrected chi connectivity index (χ1v) is 6.96. The lowest BCUT2D eigenvalue weighted by Crippen LogP contribution is -2.09. The van der Waals surface area contributed by atoms with E-state index in [1.165, 1.54) is 6.07 Å². The summed E-state index contributed by atoms with van der Waals surface area (Å²) < 4.78 is 45.6. The Kier molecular flexibility index (Phi) is 4.77. The summed E-state index contributed by atoms with van der Waals surface area (Å²) in [6.07, 6.45) is 0. The molecule has 0 saturated carbocycles. The Balaban J connectivity index is 2.24. The van der Waals surface area contributed by atoms with Crippen LogP contribution in [-0.2, 0) is 0 Å². The molecule has 0 aliphatic carbocycles.